The third-order valence-electron chi connectivity index (χ3n) is 10.9. The van der Waals surface area contributed by atoms with Crippen molar-refractivity contribution in [1.82, 2.24) is 4.98 Å². The summed E-state index contributed by atoms with van der Waals surface area (Å²) < 4.78 is 0. The first kappa shape index (κ1) is 22.4. The van der Waals surface area contributed by atoms with Crippen LogP contribution in [-0.2, 0) is 9.59 Å². The zero-order valence-corrected chi connectivity index (χ0v) is 21.3. The lowest BCUT2D eigenvalue weighted by Gasteiger charge is -2.55. The van der Waals surface area contributed by atoms with Crippen LogP contribution in [0.3, 0.4) is 0 Å². The number of Topliss-reactive ketones (excluding diaryl/α,β-unsaturated/α-hetero) is 1. The highest BCUT2D eigenvalue weighted by molar-refractivity contribution is 5.93. The van der Waals surface area contributed by atoms with Gasteiger partial charge in [0.05, 0.1) is 0 Å². The fraction of sp³-hybridized carbons (Fsp3) is 0.485. The lowest BCUT2D eigenvalue weighted by Crippen LogP contribution is -2.49. The Morgan fingerprint density at radius 2 is 1.78 bits per heavy atom. The monoisotopic (exact) mass is 477 g/mol. The number of fused-ring (bicyclic) bond motifs is 5. The van der Waals surface area contributed by atoms with Crippen molar-refractivity contribution in [1.29, 1.82) is 0 Å². The van der Waals surface area contributed by atoms with Gasteiger partial charge in [0.1, 0.15) is 5.78 Å². The summed E-state index contributed by atoms with van der Waals surface area (Å²) in [5.74, 6) is 2.30. The molecule has 0 bridgehead atoms. The number of hydrogen-bond donors (Lipinski definition) is 0. The number of benzene rings is 1. The van der Waals surface area contributed by atoms with Crippen LogP contribution >= 0.6 is 0 Å². The molecule has 0 saturated heterocycles. The molecule has 3 fully saturated rings. The van der Waals surface area contributed by atoms with E-state index in [0.717, 1.165) is 56.9 Å². The van der Waals surface area contributed by atoms with Gasteiger partial charge >= 0.3 is 0 Å². The highest BCUT2D eigenvalue weighted by Crippen LogP contribution is 2.72. The molecule has 5 aliphatic carbocycles. The van der Waals surface area contributed by atoms with Crippen molar-refractivity contribution in [2.75, 3.05) is 0 Å². The van der Waals surface area contributed by atoms with Gasteiger partial charge in [0.15, 0.2) is 5.78 Å². The molecule has 7 rings (SSSR count). The average Bonchev–Trinajstić information content (AvgIpc) is 3.43. The van der Waals surface area contributed by atoms with Gasteiger partial charge in [-0.15, -0.1) is 0 Å². The number of carbonyl (C=O) groups excluding carboxylic acids is 2. The molecule has 1 aromatic heterocycles. The van der Waals surface area contributed by atoms with E-state index >= 15 is 0 Å². The van der Waals surface area contributed by atoms with Crippen LogP contribution in [0.4, 0.5) is 0 Å². The zero-order valence-electron chi connectivity index (χ0n) is 21.3. The molecular weight excluding hydrogens is 442 g/mol. The molecule has 0 N–H and O–H groups in total. The predicted octanol–water partition coefficient (Wildman–Crippen LogP) is 7.39. The number of ketones is 2. The average molecular weight is 478 g/mol. The van der Waals surface area contributed by atoms with E-state index in [4.69, 9.17) is 0 Å². The van der Waals surface area contributed by atoms with E-state index in [1.807, 2.05) is 24.5 Å². The van der Waals surface area contributed by atoms with Gasteiger partial charge in [0.2, 0.25) is 0 Å². The minimum atomic E-state index is -0.111. The van der Waals surface area contributed by atoms with E-state index in [9.17, 15) is 9.59 Å². The molecule has 1 unspecified atom stereocenters. The van der Waals surface area contributed by atoms with Crippen molar-refractivity contribution in [2.45, 2.75) is 77.0 Å². The van der Waals surface area contributed by atoms with E-state index in [1.54, 1.807) is 5.57 Å². The highest BCUT2D eigenvalue weighted by Gasteiger charge is 2.66. The van der Waals surface area contributed by atoms with Crippen molar-refractivity contribution in [3.8, 4) is 11.1 Å². The fourth-order valence-corrected chi connectivity index (χ4v) is 9.32. The smallest absolute Gasteiger partial charge is 0.156 e. The Kier molecular flexibility index (Phi) is 5.04. The Morgan fingerprint density at radius 3 is 2.53 bits per heavy atom. The lowest BCUT2D eigenvalue weighted by atomic mass is 9.48. The topological polar surface area (TPSA) is 47.0 Å². The van der Waals surface area contributed by atoms with Crippen LogP contribution in [-0.4, -0.2) is 16.6 Å². The fourth-order valence-electron chi connectivity index (χ4n) is 9.32. The summed E-state index contributed by atoms with van der Waals surface area (Å²) in [7, 11) is 0. The lowest BCUT2D eigenvalue weighted by molar-refractivity contribution is -0.134. The quantitative estimate of drug-likeness (QED) is 0.453. The first-order valence-corrected chi connectivity index (χ1v) is 14.0. The molecule has 3 heteroatoms. The van der Waals surface area contributed by atoms with Gasteiger partial charge in [0, 0.05) is 36.6 Å². The Balaban J connectivity index is 1.36. The van der Waals surface area contributed by atoms with Gasteiger partial charge in [-0.3, -0.25) is 14.6 Å². The summed E-state index contributed by atoms with van der Waals surface area (Å²) in [6.07, 6.45) is 15.7. The van der Waals surface area contributed by atoms with Crippen molar-refractivity contribution in [2.24, 2.45) is 22.7 Å². The van der Waals surface area contributed by atoms with E-state index in [2.05, 4.69) is 42.2 Å². The Bertz CT molecular complexity index is 1300. The van der Waals surface area contributed by atoms with Crippen LogP contribution in [0.15, 0.2) is 71.6 Å². The number of allylic oxidation sites excluding steroid dienone is 4. The molecular formula is C33H35NO2. The third-order valence-corrected chi connectivity index (χ3v) is 10.9. The van der Waals surface area contributed by atoms with Gasteiger partial charge in [0.25, 0.3) is 0 Å². The largest absolute Gasteiger partial charge is 0.299 e. The Morgan fingerprint density at radius 1 is 0.917 bits per heavy atom. The van der Waals surface area contributed by atoms with Crippen LogP contribution in [0.5, 0.6) is 0 Å². The minimum absolute atomic E-state index is 0.0632. The second kappa shape index (κ2) is 8.10. The molecule has 1 aromatic carbocycles. The summed E-state index contributed by atoms with van der Waals surface area (Å²) in [4.78, 5) is 30.1. The van der Waals surface area contributed by atoms with Gasteiger partial charge in [-0.05, 0) is 109 Å². The van der Waals surface area contributed by atoms with Crippen molar-refractivity contribution >= 4 is 11.6 Å². The van der Waals surface area contributed by atoms with Gasteiger partial charge in [-0.25, -0.2) is 0 Å². The second-order valence-electron chi connectivity index (χ2n) is 12.3. The summed E-state index contributed by atoms with van der Waals surface area (Å²) >= 11 is 0. The molecule has 36 heavy (non-hydrogen) atoms. The predicted molar refractivity (Wildman–Crippen MR) is 141 cm³/mol. The van der Waals surface area contributed by atoms with E-state index in [0.29, 0.717) is 35.7 Å². The molecule has 3 saturated carbocycles. The molecule has 0 radical (unpaired) electrons. The van der Waals surface area contributed by atoms with E-state index in [-0.39, 0.29) is 10.8 Å². The first-order chi connectivity index (χ1) is 17.5. The maximum absolute atomic E-state index is 13.5. The minimum Gasteiger partial charge on any atom is -0.299 e. The van der Waals surface area contributed by atoms with Gasteiger partial charge in [-0.1, -0.05) is 42.8 Å². The normalized spacial score (nSPS) is 35.5. The summed E-state index contributed by atoms with van der Waals surface area (Å²) in [6.45, 7) is 2.49. The number of rotatable bonds is 2. The summed E-state index contributed by atoms with van der Waals surface area (Å²) in [5.41, 5.74) is 8.08. The zero-order chi connectivity index (χ0) is 24.5. The van der Waals surface area contributed by atoms with Crippen LogP contribution in [0.1, 0.15) is 82.6 Å². The van der Waals surface area contributed by atoms with Crippen LogP contribution in [0, 0.1) is 22.7 Å². The standard InChI is InChI=1S/C33H35NO2/c1-32-19-28(22-8-6-21(7-9-22)24-4-3-17-34-20-24)31-26-13-11-25(35)18-23(26)10-12-27(31)29(32)14-16-33(32)15-2-5-30(33)36/h3-4,6-9,17-18,20,27-29H,2,5,10-16,19H2,1H3/t27-,28+,29-,32-,33?/m0/s1. The second-order valence-corrected chi connectivity index (χ2v) is 12.3. The van der Waals surface area contributed by atoms with E-state index in [1.165, 1.54) is 28.7 Å². The number of nitrogens with zero attached hydrogens (tertiary/aromatic N) is 1. The SMILES string of the molecule is C[C@]12C[C@H](c3ccc(-c4cccnc4)cc3)C3=C4CCC(=O)C=C4CC[C@H]3[C@@H]1CCC21CCCC1=O. The van der Waals surface area contributed by atoms with Crippen LogP contribution in [0.2, 0.25) is 0 Å². The molecule has 5 atom stereocenters. The summed E-state index contributed by atoms with van der Waals surface area (Å²) in [6, 6.07) is 13.2. The molecule has 184 valence electrons. The first-order valence-electron chi connectivity index (χ1n) is 14.0. The van der Waals surface area contributed by atoms with Crippen molar-refractivity contribution < 1.29 is 9.59 Å². The summed E-state index contributed by atoms with van der Waals surface area (Å²) in [5, 5.41) is 0. The number of pyridine rings is 1. The Labute approximate surface area is 214 Å². The Hall–Kier alpha value is -2.81. The molecule has 2 aromatic rings. The molecule has 1 spiro atoms. The molecule has 3 nitrogen and oxygen atoms in total. The van der Waals surface area contributed by atoms with Crippen LogP contribution in [0.25, 0.3) is 11.1 Å². The number of hydrogen-bond acceptors (Lipinski definition) is 3. The molecule has 5 aliphatic rings. The maximum atomic E-state index is 13.5. The number of aromatic nitrogens is 1. The van der Waals surface area contributed by atoms with Crippen molar-refractivity contribution in [3.05, 3.63) is 77.2 Å². The molecule has 1 heterocycles. The molecule has 0 aliphatic heterocycles. The maximum Gasteiger partial charge on any atom is 0.156 e. The van der Waals surface area contributed by atoms with Crippen molar-refractivity contribution in [3.63, 3.8) is 0 Å². The van der Waals surface area contributed by atoms with Gasteiger partial charge < -0.3 is 0 Å². The third kappa shape index (κ3) is 3.07. The number of carbonyl (C=O) groups is 2. The van der Waals surface area contributed by atoms with Gasteiger partial charge in [-0.2, -0.15) is 0 Å². The molecule has 0 amide bonds. The van der Waals surface area contributed by atoms with Crippen LogP contribution < -0.4 is 0 Å². The highest BCUT2D eigenvalue weighted by atomic mass is 16.1. The van der Waals surface area contributed by atoms with E-state index < -0.39 is 0 Å².